The van der Waals surface area contributed by atoms with Gasteiger partial charge in [0.15, 0.2) is 0 Å². The Bertz CT molecular complexity index is 7100. The maximum atomic E-state index is 2.56. The normalized spacial score (nSPS) is 13.2. The summed E-state index contributed by atoms with van der Waals surface area (Å²) in [6.45, 7) is 17.3. The van der Waals surface area contributed by atoms with Gasteiger partial charge in [-0.05, 0) is 359 Å². The van der Waals surface area contributed by atoms with E-state index in [-0.39, 0.29) is 0 Å². The van der Waals surface area contributed by atoms with Gasteiger partial charge in [0.25, 0.3) is 0 Å². The van der Waals surface area contributed by atoms with Crippen LogP contribution in [0.4, 0.5) is 68.2 Å². The van der Waals surface area contributed by atoms with Gasteiger partial charge in [-0.15, -0.1) is 0 Å². The summed E-state index contributed by atoms with van der Waals surface area (Å²) >= 11 is 0. The van der Waals surface area contributed by atoms with E-state index in [1.807, 2.05) is 0 Å². The zero-order chi connectivity index (χ0) is 95.6. The van der Waals surface area contributed by atoms with Gasteiger partial charge in [0, 0.05) is 68.2 Å². The van der Waals surface area contributed by atoms with Gasteiger partial charge < -0.3 is 19.6 Å². The van der Waals surface area contributed by atoms with Crippen LogP contribution >= 0.6 is 0 Å². The van der Waals surface area contributed by atoms with Crippen molar-refractivity contribution in [3.63, 3.8) is 0 Å². The van der Waals surface area contributed by atoms with Crippen molar-refractivity contribution in [3.05, 3.63) is 619 Å². The smallest absolute Gasteiger partial charge is 0.0728 e. The van der Waals surface area contributed by atoms with Gasteiger partial charge in [-0.25, -0.2) is 0 Å². The largest absolute Gasteiger partial charge is 0.310 e. The third-order valence-corrected chi connectivity index (χ3v) is 28.0. The minimum Gasteiger partial charge on any atom is -0.310 e. The van der Waals surface area contributed by atoms with Gasteiger partial charge in [-0.3, -0.25) is 0 Å². The molecule has 4 nitrogen and oxygen atoms in total. The summed E-state index contributed by atoms with van der Waals surface area (Å²) in [7, 11) is 0. The lowest BCUT2D eigenvalue weighted by atomic mass is 9.70. The van der Waals surface area contributed by atoms with E-state index < -0.39 is 5.41 Å². The number of nitrogens with zero attached hydrogens (tertiary/aromatic N) is 4. The molecule has 0 unspecified atom stereocenters. The fraction of sp³-hybridized carbons (Fsp3) is 0.0657. The van der Waals surface area contributed by atoms with E-state index in [9.17, 15) is 0 Å². The number of rotatable bonds is 24. The Morgan fingerprint density at radius 2 is 0.291 bits per heavy atom. The molecule has 0 aromatic heterocycles. The highest BCUT2D eigenvalue weighted by molar-refractivity contribution is 6.02. The standard InChI is InChI=1S/C137H108N4/c1-93-29-53-109(54-30-93)129(105-21-13-9-14-22-105)85-101-45-69-117(70-46-101)138(113-61-37-97(5)38-62-113)121-77-81-125-126-82-78-122(139(114-63-39-98(6)40-64-114)118-71-47-102(48-72-118)86-130(106-23-15-10-16-24-106)110-55-31-94(2)32-56-110)90-134(126)137(133(125)89-121)135-91-123(140(115-65-41-99(7)42-66-115)119-73-49-103(50-74-119)87-131(107-25-17-11-18-26-107)111-57-33-95(3)34-58-111)79-83-127(135)128-84-80-124(92-136(128)137)141(116-67-43-100(8)44-68-116)120-75-51-104(52-76-120)88-132(108-27-19-12-20-28-108)112-59-35-96(4)36-60-112/h9-92H,1-8H3. The maximum absolute atomic E-state index is 2.56. The number of hydrogen-bond acceptors (Lipinski definition) is 4. The van der Waals surface area contributed by atoms with Gasteiger partial charge in [0.05, 0.1) is 5.41 Å². The third kappa shape index (κ3) is 18.0. The van der Waals surface area contributed by atoms with E-state index in [4.69, 9.17) is 0 Å². The summed E-state index contributed by atoms with van der Waals surface area (Å²) in [4.78, 5) is 9.90. The number of benzene rings is 20. The second-order valence-corrected chi connectivity index (χ2v) is 37.9. The van der Waals surface area contributed by atoms with E-state index in [2.05, 4.69) is 585 Å². The van der Waals surface area contributed by atoms with E-state index in [1.54, 1.807) is 0 Å². The van der Waals surface area contributed by atoms with Crippen molar-refractivity contribution in [1.29, 1.82) is 0 Å². The quantitative estimate of drug-likeness (QED) is 0.0559. The Balaban J connectivity index is 0.786. The molecular formula is C137H108N4. The van der Waals surface area contributed by atoms with Gasteiger partial charge >= 0.3 is 0 Å². The summed E-state index contributed by atoms with van der Waals surface area (Å²) < 4.78 is 0. The fourth-order valence-electron chi connectivity index (χ4n) is 20.6. The molecule has 0 heterocycles. The minimum atomic E-state index is -1.04. The molecule has 141 heavy (non-hydrogen) atoms. The summed E-state index contributed by atoms with van der Waals surface area (Å²) in [5, 5.41) is 0. The molecule has 22 rings (SSSR count). The third-order valence-electron chi connectivity index (χ3n) is 28.0. The second kappa shape index (κ2) is 38.6. The van der Waals surface area contributed by atoms with Crippen LogP contribution in [-0.4, -0.2) is 0 Å². The van der Waals surface area contributed by atoms with Gasteiger partial charge in [0.2, 0.25) is 0 Å². The van der Waals surface area contributed by atoms with Crippen molar-refractivity contribution in [3.8, 4) is 22.3 Å². The van der Waals surface area contributed by atoms with Crippen LogP contribution in [0.15, 0.2) is 485 Å². The van der Waals surface area contributed by atoms with Crippen LogP contribution in [-0.2, 0) is 5.41 Å². The predicted octanol–water partition coefficient (Wildman–Crippen LogP) is 36.7. The van der Waals surface area contributed by atoms with Gasteiger partial charge in [0.1, 0.15) is 0 Å². The van der Waals surface area contributed by atoms with Crippen molar-refractivity contribution < 1.29 is 0 Å². The topological polar surface area (TPSA) is 13.0 Å². The molecule has 0 fully saturated rings. The molecule has 0 bridgehead atoms. The lowest BCUT2D eigenvalue weighted by molar-refractivity contribution is 0.793. The first-order valence-electron chi connectivity index (χ1n) is 48.9. The minimum absolute atomic E-state index is 1.02. The number of fused-ring (bicyclic) bond motifs is 10. The van der Waals surface area contributed by atoms with Crippen LogP contribution in [0.5, 0.6) is 0 Å². The van der Waals surface area contributed by atoms with E-state index in [0.29, 0.717) is 0 Å². The Morgan fingerprint density at radius 3 is 0.461 bits per heavy atom. The Labute approximate surface area is 830 Å². The first-order chi connectivity index (χ1) is 69.1. The van der Waals surface area contributed by atoms with Crippen molar-refractivity contribution in [2.45, 2.75) is 60.8 Å². The Kier molecular flexibility index (Phi) is 24.3. The van der Waals surface area contributed by atoms with E-state index >= 15 is 0 Å². The SMILES string of the molecule is Cc1ccc(C(=Cc2ccc(N(c3ccc(C)cc3)c3ccc4c(c3)C3(c5cc(N(c6ccc(C)cc6)c6ccc(C=C(c7ccccc7)c7ccc(C)cc7)cc6)ccc5-4)c4cc(N(c5ccc(C)cc5)c5ccc(C=C(c6ccccc6)c6ccc(C)cc6)cc5)ccc4-c4ccc(N(c5ccc(C)cc5)c5ccc(C=C(c6ccccc6)c6ccc(C)cc6)cc5)cc43)cc2)c2ccccc2)cc1. The lowest BCUT2D eigenvalue weighted by Crippen LogP contribution is -2.27. The fourth-order valence-corrected chi connectivity index (χ4v) is 20.6. The highest BCUT2D eigenvalue weighted by Gasteiger charge is 2.53. The first kappa shape index (κ1) is 88.8. The number of hydrogen-bond donors (Lipinski definition) is 0. The Hall–Kier alpha value is -17.4. The van der Waals surface area contributed by atoms with Crippen molar-refractivity contribution in [2.24, 2.45) is 0 Å². The maximum Gasteiger partial charge on any atom is 0.0728 e. The number of anilines is 12. The van der Waals surface area contributed by atoms with Gasteiger partial charge in [-0.1, -0.05) is 384 Å². The predicted molar refractivity (Wildman–Crippen MR) is 599 cm³/mol. The van der Waals surface area contributed by atoms with Crippen LogP contribution in [0.2, 0.25) is 0 Å². The molecule has 0 atom stereocenters. The summed E-state index contributed by atoms with van der Waals surface area (Å²) in [5.74, 6) is 0. The van der Waals surface area contributed by atoms with Crippen molar-refractivity contribution >= 4 is 115 Å². The average molecular weight is 1810 g/mol. The first-order valence-corrected chi connectivity index (χ1v) is 48.9. The van der Waals surface area contributed by atoms with Crippen molar-refractivity contribution in [1.82, 2.24) is 0 Å². The molecule has 20 aromatic carbocycles. The van der Waals surface area contributed by atoms with E-state index in [1.165, 1.54) is 66.8 Å². The molecule has 0 N–H and O–H groups in total. The molecule has 1 spiro atoms. The van der Waals surface area contributed by atoms with Crippen LogP contribution in [0.1, 0.15) is 134 Å². The molecule has 0 saturated heterocycles. The monoisotopic (exact) mass is 1810 g/mol. The Morgan fingerprint density at radius 1 is 0.149 bits per heavy atom. The van der Waals surface area contributed by atoms with Crippen LogP contribution in [0.25, 0.3) is 68.9 Å². The molecule has 2 aliphatic carbocycles. The van der Waals surface area contributed by atoms with Gasteiger partial charge in [-0.2, -0.15) is 0 Å². The average Bonchev–Trinajstić information content (AvgIpc) is 1.50. The number of aryl methyl sites for hydroxylation is 8. The molecule has 20 aromatic rings. The van der Waals surface area contributed by atoms with Crippen molar-refractivity contribution in [2.75, 3.05) is 19.6 Å². The molecule has 0 radical (unpaired) electrons. The zero-order valence-corrected chi connectivity index (χ0v) is 80.8. The van der Waals surface area contributed by atoms with Crippen LogP contribution < -0.4 is 19.6 Å². The highest BCUT2D eigenvalue weighted by Crippen LogP contribution is 2.66. The molecule has 0 saturated carbocycles. The molecule has 4 heteroatoms. The van der Waals surface area contributed by atoms with E-state index in [0.717, 1.165) is 180 Å². The van der Waals surface area contributed by atoms with Crippen LogP contribution in [0, 0.1) is 55.4 Å². The molecule has 2 aliphatic rings. The highest BCUT2D eigenvalue weighted by atomic mass is 15.2. The zero-order valence-electron chi connectivity index (χ0n) is 80.8. The molecule has 676 valence electrons. The van der Waals surface area contributed by atoms with Crippen LogP contribution in [0.3, 0.4) is 0 Å². The summed E-state index contributed by atoms with van der Waals surface area (Å²) in [5.41, 5.74) is 48.6. The second-order valence-electron chi connectivity index (χ2n) is 37.9. The molecular weight excluding hydrogens is 1700 g/mol. The summed E-state index contributed by atoms with van der Waals surface area (Å²) in [6, 6.07) is 181. The molecule has 0 aliphatic heterocycles. The lowest BCUT2D eigenvalue weighted by Gasteiger charge is -2.35. The summed E-state index contributed by atoms with van der Waals surface area (Å²) in [6.07, 6.45) is 9.36. The molecule has 0 amide bonds.